The molecule has 1 rings (SSSR count). The lowest BCUT2D eigenvalue weighted by Gasteiger charge is -2.20. The molecule has 1 unspecified atom stereocenters. The van der Waals surface area contributed by atoms with Crippen LogP contribution in [0.3, 0.4) is 0 Å². The van der Waals surface area contributed by atoms with Crippen LogP contribution >= 0.6 is 23.2 Å². The van der Waals surface area contributed by atoms with Crippen LogP contribution in [0.2, 0.25) is 10.2 Å². The Bertz CT molecular complexity index is 410. The van der Waals surface area contributed by atoms with Gasteiger partial charge in [0, 0.05) is 6.20 Å². The molecule has 2 N–H and O–H groups in total. The molecule has 0 saturated carbocycles. The predicted molar refractivity (Wildman–Crippen MR) is 67.4 cm³/mol. The summed E-state index contributed by atoms with van der Waals surface area (Å²) in [6.07, 6.45) is 1.32. The van der Waals surface area contributed by atoms with Crippen LogP contribution in [-0.2, 0) is 0 Å². The lowest BCUT2D eigenvalue weighted by Crippen LogP contribution is -2.41. The average Bonchev–Trinajstić information content (AvgIpc) is 2.28. The van der Waals surface area contributed by atoms with E-state index in [0.717, 1.165) is 0 Å². The minimum atomic E-state index is -0.368. The van der Waals surface area contributed by atoms with Gasteiger partial charge in [0.25, 0.3) is 5.91 Å². The molecule has 0 aliphatic heterocycles. The number of rotatable bonds is 4. The van der Waals surface area contributed by atoms with E-state index >= 15 is 0 Å². The van der Waals surface area contributed by atoms with Gasteiger partial charge in [0.2, 0.25) is 0 Å². The molecular formula is C11H14Cl2N2O2. The summed E-state index contributed by atoms with van der Waals surface area (Å²) in [6.45, 7) is 3.68. The zero-order valence-electron chi connectivity index (χ0n) is 9.58. The van der Waals surface area contributed by atoms with Crippen molar-refractivity contribution in [3.8, 4) is 0 Å². The summed E-state index contributed by atoms with van der Waals surface area (Å²) in [6, 6.07) is 1.08. The highest BCUT2D eigenvalue weighted by Gasteiger charge is 2.18. The van der Waals surface area contributed by atoms with Gasteiger partial charge in [-0.3, -0.25) is 4.79 Å². The Morgan fingerprint density at radius 2 is 2.18 bits per heavy atom. The van der Waals surface area contributed by atoms with Crippen LogP contribution in [0, 0.1) is 5.92 Å². The molecule has 6 heteroatoms. The molecule has 0 aliphatic rings. The van der Waals surface area contributed by atoms with E-state index in [1.807, 2.05) is 13.8 Å². The summed E-state index contributed by atoms with van der Waals surface area (Å²) in [5, 5.41) is 12.2. The quantitative estimate of drug-likeness (QED) is 0.829. The van der Waals surface area contributed by atoms with Crippen molar-refractivity contribution in [2.24, 2.45) is 5.92 Å². The van der Waals surface area contributed by atoms with Crippen LogP contribution in [0.4, 0.5) is 0 Å². The van der Waals surface area contributed by atoms with E-state index in [9.17, 15) is 4.79 Å². The zero-order valence-corrected chi connectivity index (χ0v) is 11.1. The second kappa shape index (κ2) is 6.19. The van der Waals surface area contributed by atoms with Crippen LogP contribution in [0.25, 0.3) is 0 Å². The Labute approximate surface area is 110 Å². The molecule has 94 valence electrons. The molecule has 1 heterocycles. The minimum Gasteiger partial charge on any atom is -0.394 e. The second-order valence-electron chi connectivity index (χ2n) is 3.99. The molecule has 1 atom stereocenters. The third-order valence-corrected chi connectivity index (χ3v) is 2.89. The first kappa shape index (κ1) is 14.2. The predicted octanol–water partition coefficient (Wildman–Crippen LogP) is 2.14. The Kier molecular flexibility index (Phi) is 5.18. The average molecular weight is 277 g/mol. The number of amides is 1. The van der Waals surface area contributed by atoms with E-state index in [1.165, 1.54) is 12.3 Å². The van der Waals surface area contributed by atoms with Crippen molar-refractivity contribution in [2.75, 3.05) is 6.61 Å². The van der Waals surface area contributed by atoms with E-state index < -0.39 is 0 Å². The van der Waals surface area contributed by atoms with E-state index in [4.69, 9.17) is 28.3 Å². The fourth-order valence-corrected chi connectivity index (χ4v) is 1.60. The van der Waals surface area contributed by atoms with Gasteiger partial charge in [-0.05, 0) is 12.0 Å². The smallest absolute Gasteiger partial charge is 0.253 e. The number of carbonyl (C=O) groups excluding carboxylic acids is 1. The number of carbonyl (C=O) groups is 1. The number of aliphatic hydroxyl groups is 1. The van der Waals surface area contributed by atoms with Crippen molar-refractivity contribution in [3.05, 3.63) is 28.0 Å². The van der Waals surface area contributed by atoms with E-state index in [-0.39, 0.29) is 40.2 Å². The molecule has 1 aromatic heterocycles. The molecule has 17 heavy (non-hydrogen) atoms. The SMILES string of the molecule is CC(C)C(CO)NC(=O)c1cc(Cl)ncc1Cl. The highest BCUT2D eigenvalue weighted by atomic mass is 35.5. The van der Waals surface area contributed by atoms with Gasteiger partial charge in [0.15, 0.2) is 0 Å². The van der Waals surface area contributed by atoms with E-state index in [2.05, 4.69) is 10.3 Å². The van der Waals surface area contributed by atoms with Crippen molar-refractivity contribution in [1.82, 2.24) is 10.3 Å². The summed E-state index contributed by atoms with van der Waals surface area (Å²) in [7, 11) is 0. The first-order valence-electron chi connectivity index (χ1n) is 5.18. The maximum absolute atomic E-state index is 11.9. The van der Waals surface area contributed by atoms with Gasteiger partial charge in [0.05, 0.1) is 23.2 Å². The topological polar surface area (TPSA) is 62.2 Å². The highest BCUT2D eigenvalue weighted by molar-refractivity contribution is 6.35. The van der Waals surface area contributed by atoms with Crippen LogP contribution in [-0.4, -0.2) is 28.6 Å². The van der Waals surface area contributed by atoms with Crippen molar-refractivity contribution < 1.29 is 9.90 Å². The minimum absolute atomic E-state index is 0.125. The van der Waals surface area contributed by atoms with Gasteiger partial charge in [-0.15, -0.1) is 0 Å². The zero-order chi connectivity index (χ0) is 13.0. The van der Waals surface area contributed by atoms with Gasteiger partial charge in [0.1, 0.15) is 5.15 Å². The van der Waals surface area contributed by atoms with Gasteiger partial charge in [-0.1, -0.05) is 37.0 Å². The first-order chi connectivity index (χ1) is 7.95. The molecule has 0 aliphatic carbocycles. The summed E-state index contributed by atoms with van der Waals surface area (Å²) in [5.74, 6) is -0.243. The van der Waals surface area contributed by atoms with Crippen molar-refractivity contribution in [2.45, 2.75) is 19.9 Å². The number of hydrogen-bond donors (Lipinski definition) is 2. The molecular weight excluding hydrogens is 263 g/mol. The van der Waals surface area contributed by atoms with Gasteiger partial charge in [-0.25, -0.2) is 4.98 Å². The Morgan fingerprint density at radius 1 is 1.53 bits per heavy atom. The number of hydrogen-bond acceptors (Lipinski definition) is 3. The third-order valence-electron chi connectivity index (χ3n) is 2.38. The maximum atomic E-state index is 11.9. The van der Waals surface area contributed by atoms with Crippen LogP contribution in [0.5, 0.6) is 0 Å². The number of pyridine rings is 1. The Morgan fingerprint density at radius 3 is 2.71 bits per heavy atom. The molecule has 0 bridgehead atoms. The normalized spacial score (nSPS) is 12.6. The number of halogens is 2. The summed E-state index contributed by atoms with van der Waals surface area (Å²) < 4.78 is 0. The summed E-state index contributed by atoms with van der Waals surface area (Å²) in [5.41, 5.74) is 0.255. The van der Waals surface area contributed by atoms with Crippen LogP contribution < -0.4 is 5.32 Å². The largest absolute Gasteiger partial charge is 0.394 e. The standard InChI is InChI=1S/C11H14Cl2N2O2/c1-6(2)9(5-16)15-11(17)7-3-10(13)14-4-8(7)12/h3-4,6,9,16H,5H2,1-2H3,(H,15,17). The van der Waals surface area contributed by atoms with E-state index in [0.29, 0.717) is 0 Å². The molecule has 0 saturated heterocycles. The monoisotopic (exact) mass is 276 g/mol. The number of aromatic nitrogens is 1. The molecule has 0 radical (unpaired) electrons. The molecule has 1 aromatic rings. The third kappa shape index (κ3) is 3.84. The number of aliphatic hydroxyl groups excluding tert-OH is 1. The molecule has 0 aromatic carbocycles. The summed E-state index contributed by atoms with van der Waals surface area (Å²) >= 11 is 11.5. The van der Waals surface area contributed by atoms with Gasteiger partial charge in [-0.2, -0.15) is 0 Å². The number of nitrogens with zero attached hydrogens (tertiary/aromatic N) is 1. The fraction of sp³-hybridized carbons (Fsp3) is 0.455. The fourth-order valence-electron chi connectivity index (χ4n) is 1.26. The first-order valence-corrected chi connectivity index (χ1v) is 5.94. The van der Waals surface area contributed by atoms with Gasteiger partial charge < -0.3 is 10.4 Å². The van der Waals surface area contributed by atoms with Crippen molar-refractivity contribution in [3.63, 3.8) is 0 Å². The van der Waals surface area contributed by atoms with Crippen LogP contribution in [0.1, 0.15) is 24.2 Å². The Balaban J connectivity index is 2.86. The molecule has 0 spiro atoms. The Hall–Kier alpha value is -0.840. The lowest BCUT2D eigenvalue weighted by molar-refractivity contribution is 0.0897. The van der Waals surface area contributed by atoms with Crippen molar-refractivity contribution in [1.29, 1.82) is 0 Å². The number of nitrogens with one attached hydrogen (secondary N) is 1. The summed E-state index contributed by atoms with van der Waals surface area (Å²) in [4.78, 5) is 15.7. The second-order valence-corrected chi connectivity index (χ2v) is 4.79. The van der Waals surface area contributed by atoms with Crippen molar-refractivity contribution >= 4 is 29.1 Å². The molecule has 1 amide bonds. The van der Waals surface area contributed by atoms with E-state index in [1.54, 1.807) is 0 Å². The van der Waals surface area contributed by atoms with Gasteiger partial charge >= 0.3 is 0 Å². The van der Waals surface area contributed by atoms with Crippen LogP contribution in [0.15, 0.2) is 12.3 Å². The lowest BCUT2D eigenvalue weighted by atomic mass is 10.1. The molecule has 0 fully saturated rings. The maximum Gasteiger partial charge on any atom is 0.253 e. The molecule has 4 nitrogen and oxygen atoms in total. The highest BCUT2D eigenvalue weighted by Crippen LogP contribution is 2.18.